The third kappa shape index (κ3) is 2.85. The monoisotopic (exact) mass is 304 g/mol. The van der Waals surface area contributed by atoms with E-state index in [0.717, 1.165) is 22.8 Å². The lowest BCUT2D eigenvalue weighted by molar-refractivity contribution is 0.910. The van der Waals surface area contributed by atoms with Crippen LogP contribution in [-0.2, 0) is 6.54 Å². The highest BCUT2D eigenvalue weighted by molar-refractivity contribution is 9.10. The number of rotatable bonds is 4. The first-order valence-electron chi connectivity index (χ1n) is 5.98. The molecule has 0 aliphatic heterocycles. The van der Waals surface area contributed by atoms with Gasteiger partial charge in [0.2, 0.25) is 0 Å². The smallest absolute Gasteiger partial charge is 0.135 e. The van der Waals surface area contributed by atoms with Crippen LogP contribution in [0.4, 0.5) is 5.82 Å². The molecule has 92 valence electrons. The molecule has 0 amide bonds. The number of nitrogens with one attached hydrogen (secondary N) is 1. The normalized spacial score (nSPS) is 14.5. The molecule has 1 saturated carbocycles. The molecule has 5 heteroatoms. The third-order valence-corrected chi connectivity index (χ3v) is 3.28. The SMILES string of the molecule is Brc1cc(NCc2ccncc2)nc(C2CC2)n1. The molecule has 1 N–H and O–H groups in total. The van der Waals surface area contributed by atoms with E-state index in [1.807, 2.05) is 18.2 Å². The summed E-state index contributed by atoms with van der Waals surface area (Å²) in [5.41, 5.74) is 1.19. The Kier molecular flexibility index (Phi) is 3.23. The number of nitrogens with zero attached hydrogens (tertiary/aromatic N) is 3. The molecule has 1 fully saturated rings. The zero-order valence-electron chi connectivity index (χ0n) is 9.81. The average molecular weight is 305 g/mol. The van der Waals surface area contributed by atoms with Gasteiger partial charge in [0.25, 0.3) is 0 Å². The lowest BCUT2D eigenvalue weighted by Crippen LogP contribution is -2.04. The molecule has 0 saturated heterocycles. The fourth-order valence-electron chi connectivity index (χ4n) is 1.74. The first kappa shape index (κ1) is 11.6. The van der Waals surface area contributed by atoms with Gasteiger partial charge in [-0.15, -0.1) is 0 Å². The molecule has 0 unspecified atom stereocenters. The van der Waals surface area contributed by atoms with Crippen LogP contribution in [0.1, 0.15) is 30.1 Å². The minimum Gasteiger partial charge on any atom is -0.366 e. The number of halogens is 1. The highest BCUT2D eigenvalue weighted by Gasteiger charge is 2.27. The summed E-state index contributed by atoms with van der Waals surface area (Å²) in [6, 6.07) is 5.89. The summed E-state index contributed by atoms with van der Waals surface area (Å²) in [6.45, 7) is 0.746. The van der Waals surface area contributed by atoms with Gasteiger partial charge in [0.15, 0.2) is 0 Å². The van der Waals surface area contributed by atoms with Crippen LogP contribution < -0.4 is 5.32 Å². The van der Waals surface area contributed by atoms with Gasteiger partial charge in [-0.1, -0.05) is 0 Å². The van der Waals surface area contributed by atoms with Crippen molar-refractivity contribution in [2.45, 2.75) is 25.3 Å². The molecule has 0 aromatic carbocycles. The number of hydrogen-bond donors (Lipinski definition) is 1. The number of anilines is 1. The Morgan fingerprint density at radius 3 is 2.72 bits per heavy atom. The van der Waals surface area contributed by atoms with Gasteiger partial charge in [0.05, 0.1) is 0 Å². The lowest BCUT2D eigenvalue weighted by Gasteiger charge is -2.07. The first-order chi connectivity index (χ1) is 8.81. The van der Waals surface area contributed by atoms with Gasteiger partial charge in [0.1, 0.15) is 16.2 Å². The van der Waals surface area contributed by atoms with E-state index in [1.54, 1.807) is 12.4 Å². The zero-order valence-corrected chi connectivity index (χ0v) is 11.4. The van der Waals surface area contributed by atoms with Crippen molar-refractivity contribution in [3.8, 4) is 0 Å². The molecular weight excluding hydrogens is 292 g/mol. The Labute approximate surface area is 114 Å². The lowest BCUT2D eigenvalue weighted by atomic mass is 10.3. The van der Waals surface area contributed by atoms with Crippen molar-refractivity contribution in [3.63, 3.8) is 0 Å². The van der Waals surface area contributed by atoms with Crippen molar-refractivity contribution in [3.05, 3.63) is 46.6 Å². The third-order valence-electron chi connectivity index (χ3n) is 2.88. The van der Waals surface area contributed by atoms with E-state index in [9.17, 15) is 0 Å². The van der Waals surface area contributed by atoms with Gasteiger partial charge in [-0.3, -0.25) is 4.98 Å². The van der Waals surface area contributed by atoms with Crippen LogP contribution >= 0.6 is 15.9 Å². The fraction of sp³-hybridized carbons (Fsp3) is 0.308. The molecule has 1 aliphatic rings. The summed E-state index contributed by atoms with van der Waals surface area (Å²) in [5, 5.41) is 3.32. The first-order valence-corrected chi connectivity index (χ1v) is 6.78. The topological polar surface area (TPSA) is 50.7 Å². The molecule has 0 bridgehead atoms. The second-order valence-electron chi connectivity index (χ2n) is 4.42. The molecule has 4 nitrogen and oxygen atoms in total. The molecule has 1 aliphatic carbocycles. The van der Waals surface area contributed by atoms with Crippen molar-refractivity contribution in [1.82, 2.24) is 15.0 Å². The summed E-state index contributed by atoms with van der Waals surface area (Å²) in [4.78, 5) is 12.9. The van der Waals surface area contributed by atoms with Gasteiger partial charge in [0, 0.05) is 30.9 Å². The van der Waals surface area contributed by atoms with Crippen molar-refractivity contribution in [2.24, 2.45) is 0 Å². The van der Waals surface area contributed by atoms with Crippen molar-refractivity contribution in [2.75, 3.05) is 5.32 Å². The molecule has 18 heavy (non-hydrogen) atoms. The van der Waals surface area contributed by atoms with Crippen molar-refractivity contribution < 1.29 is 0 Å². The maximum Gasteiger partial charge on any atom is 0.135 e. The minimum absolute atomic E-state index is 0.559. The average Bonchev–Trinajstić information content (AvgIpc) is 3.21. The largest absolute Gasteiger partial charge is 0.366 e. The molecule has 0 radical (unpaired) electrons. The van der Waals surface area contributed by atoms with E-state index < -0.39 is 0 Å². The quantitative estimate of drug-likeness (QED) is 0.882. The summed E-state index contributed by atoms with van der Waals surface area (Å²) < 4.78 is 0.844. The van der Waals surface area contributed by atoms with Crippen LogP contribution in [-0.4, -0.2) is 15.0 Å². The minimum atomic E-state index is 0.559. The molecule has 2 aromatic rings. The Bertz CT molecular complexity index is 540. The molecular formula is C13H13BrN4. The standard InChI is InChI=1S/C13H13BrN4/c14-11-7-12(18-13(17-11)10-1-2-10)16-8-9-3-5-15-6-4-9/h3-7,10H,1-2,8H2,(H,16,17,18). The van der Waals surface area contributed by atoms with Gasteiger partial charge < -0.3 is 5.32 Å². The second-order valence-corrected chi connectivity index (χ2v) is 5.23. The maximum atomic E-state index is 4.54. The Morgan fingerprint density at radius 1 is 1.22 bits per heavy atom. The highest BCUT2D eigenvalue weighted by atomic mass is 79.9. The van der Waals surface area contributed by atoms with Gasteiger partial charge in [-0.05, 0) is 46.5 Å². The fourth-order valence-corrected chi connectivity index (χ4v) is 2.14. The van der Waals surface area contributed by atoms with E-state index >= 15 is 0 Å². The summed E-state index contributed by atoms with van der Waals surface area (Å²) in [7, 11) is 0. The molecule has 0 atom stereocenters. The summed E-state index contributed by atoms with van der Waals surface area (Å²) in [6.07, 6.45) is 6.01. The van der Waals surface area contributed by atoms with Gasteiger partial charge in [-0.25, -0.2) is 9.97 Å². The van der Waals surface area contributed by atoms with E-state index in [1.165, 1.54) is 18.4 Å². The van der Waals surface area contributed by atoms with Gasteiger partial charge in [-0.2, -0.15) is 0 Å². The predicted molar refractivity (Wildman–Crippen MR) is 73.3 cm³/mol. The number of hydrogen-bond acceptors (Lipinski definition) is 4. The Balaban J connectivity index is 1.72. The van der Waals surface area contributed by atoms with Crippen LogP contribution in [0.25, 0.3) is 0 Å². The van der Waals surface area contributed by atoms with Crippen molar-refractivity contribution in [1.29, 1.82) is 0 Å². The summed E-state index contributed by atoms with van der Waals surface area (Å²) in [5.74, 6) is 2.38. The number of aromatic nitrogens is 3. The van der Waals surface area contributed by atoms with Crippen LogP contribution in [0, 0.1) is 0 Å². The highest BCUT2D eigenvalue weighted by Crippen LogP contribution is 2.38. The van der Waals surface area contributed by atoms with Crippen LogP contribution in [0.3, 0.4) is 0 Å². The molecule has 2 heterocycles. The van der Waals surface area contributed by atoms with E-state index in [4.69, 9.17) is 0 Å². The summed E-state index contributed by atoms with van der Waals surface area (Å²) >= 11 is 3.43. The second kappa shape index (κ2) is 5.02. The van der Waals surface area contributed by atoms with E-state index in [-0.39, 0.29) is 0 Å². The van der Waals surface area contributed by atoms with E-state index in [2.05, 4.69) is 36.2 Å². The van der Waals surface area contributed by atoms with Crippen LogP contribution in [0.5, 0.6) is 0 Å². The van der Waals surface area contributed by atoms with E-state index in [0.29, 0.717) is 5.92 Å². The Morgan fingerprint density at radius 2 is 2.00 bits per heavy atom. The maximum absolute atomic E-state index is 4.54. The van der Waals surface area contributed by atoms with Crippen LogP contribution in [0.15, 0.2) is 35.2 Å². The Hall–Kier alpha value is -1.49. The van der Waals surface area contributed by atoms with Crippen molar-refractivity contribution >= 4 is 21.7 Å². The van der Waals surface area contributed by atoms with Crippen LogP contribution in [0.2, 0.25) is 0 Å². The molecule has 2 aromatic heterocycles. The zero-order chi connectivity index (χ0) is 12.4. The molecule has 3 rings (SSSR count). The molecule has 0 spiro atoms. The predicted octanol–water partition coefficient (Wildman–Crippen LogP) is 3.12. The number of pyridine rings is 1. The van der Waals surface area contributed by atoms with Gasteiger partial charge >= 0.3 is 0 Å².